The van der Waals surface area contributed by atoms with Gasteiger partial charge in [-0.1, -0.05) is 42.1 Å². The van der Waals surface area contributed by atoms with Crippen molar-refractivity contribution < 1.29 is 93.2 Å². The fourth-order valence-corrected chi connectivity index (χ4v) is 9.04. The molecule has 2 aliphatic rings. The number of nitriles is 1. The van der Waals surface area contributed by atoms with Crippen molar-refractivity contribution in [2.24, 2.45) is 5.73 Å². The number of rotatable bonds is 8. The van der Waals surface area contributed by atoms with E-state index in [1.165, 1.54) is 6.07 Å². The summed E-state index contributed by atoms with van der Waals surface area (Å²) < 4.78 is 7.10. The number of aromatic carboxylic acids is 1. The van der Waals surface area contributed by atoms with Crippen LogP contribution in [0.2, 0.25) is 0 Å². The molecule has 1 aliphatic heterocycles. The Morgan fingerprint density at radius 2 is 1.47 bits per heavy atom. The van der Waals surface area contributed by atoms with Gasteiger partial charge in [-0.25, -0.2) is 4.79 Å². The average molecular weight is 1210 g/mol. The molecule has 3 aromatic rings. The molecule has 1 fully saturated rings. The maximum Gasteiger partial charge on any atom is 1.00 e. The topological polar surface area (TPSA) is 192 Å². The number of ether oxygens (including phenoxy) is 1. The molecule has 1 aliphatic carbocycles. The standard InChI is InChI=1S/C20H10I4O4.C17H23N5O3.2Na/c21-13-5-9(6-14(22)18(13)25)17(10-7-15(23)19(26)16(24)8-10)11-3-1-2-4-12(11)20(27)28;1-2-25-17(24)22-8-6-21(7-9-22)16(23)15(19)11-13-4-3-5-14(10-13)20-12-18;;/h1-8,25H,(H,27,28);3-5,10,15,20H,2,6-9,11,19H2,1H3;;/q;;2*+1/p-2/t;15-;;/m.0../s1. The van der Waals surface area contributed by atoms with Crippen LogP contribution in [0.4, 0.5) is 10.5 Å². The number of carbonyl (C=O) groups excluding carboxylic acids is 4. The second-order valence-corrected chi connectivity index (χ2v) is 16.2. The fraction of sp³-hybridized carbons (Fsp3) is 0.216. The Bertz CT molecular complexity index is 2020. The van der Waals surface area contributed by atoms with Crippen LogP contribution in [0.15, 0.2) is 85.5 Å². The molecule has 0 bridgehead atoms. The predicted molar refractivity (Wildman–Crippen MR) is 230 cm³/mol. The smallest absolute Gasteiger partial charge is 0.871 e. The van der Waals surface area contributed by atoms with Crippen molar-refractivity contribution >= 4 is 125 Å². The van der Waals surface area contributed by atoms with Crippen molar-refractivity contribution in [2.75, 3.05) is 38.1 Å². The second-order valence-electron chi connectivity index (χ2n) is 11.5. The van der Waals surface area contributed by atoms with Crippen molar-refractivity contribution in [1.82, 2.24) is 9.80 Å². The number of Topliss-reactive ketones (excluding diaryl/α,β-unsaturated/α-hetero) is 1. The van der Waals surface area contributed by atoms with E-state index in [0.29, 0.717) is 81.5 Å². The quantitative estimate of drug-likeness (QED) is 0.124. The molecule has 1 saturated heterocycles. The first-order chi connectivity index (χ1) is 25.2. The zero-order valence-electron chi connectivity index (χ0n) is 30.0. The number of ketones is 1. The summed E-state index contributed by atoms with van der Waals surface area (Å²) in [6.45, 7) is 3.88. The molecule has 5 rings (SSSR count). The normalized spacial score (nSPS) is 14.0. The number of nitrogens with two attached hydrogens (primary N) is 1. The predicted octanol–water partition coefficient (Wildman–Crippen LogP) is -0.887. The summed E-state index contributed by atoms with van der Waals surface area (Å²) >= 11 is 7.90. The van der Waals surface area contributed by atoms with Crippen LogP contribution in [-0.2, 0) is 20.7 Å². The first kappa shape index (κ1) is 49.9. The maximum absolute atomic E-state index is 12.5. The Balaban J connectivity index is 0.000000369. The molecule has 0 saturated carbocycles. The summed E-state index contributed by atoms with van der Waals surface area (Å²) in [5.74, 6) is -1.57. The first-order valence-electron chi connectivity index (χ1n) is 16.0. The van der Waals surface area contributed by atoms with E-state index >= 15 is 0 Å². The maximum atomic E-state index is 12.5. The minimum Gasteiger partial charge on any atom is -0.871 e. The Morgan fingerprint density at radius 3 is 2.02 bits per heavy atom. The molecule has 0 radical (unpaired) electrons. The number of anilines is 1. The van der Waals surface area contributed by atoms with Gasteiger partial charge < -0.3 is 35.3 Å². The van der Waals surface area contributed by atoms with Gasteiger partial charge in [0.2, 0.25) is 11.7 Å². The number of carboxylic acid groups (broad SMARTS) is 1. The van der Waals surface area contributed by atoms with E-state index in [1.807, 2.05) is 109 Å². The summed E-state index contributed by atoms with van der Waals surface area (Å²) in [7, 11) is 0. The molecule has 12 nitrogen and oxygen atoms in total. The van der Waals surface area contributed by atoms with E-state index in [4.69, 9.17) is 15.7 Å². The zero-order valence-corrected chi connectivity index (χ0v) is 42.7. The monoisotopic (exact) mass is 1210 g/mol. The van der Waals surface area contributed by atoms with Crippen molar-refractivity contribution in [3.05, 3.63) is 115 Å². The van der Waals surface area contributed by atoms with Crippen molar-refractivity contribution in [3.8, 4) is 11.9 Å². The van der Waals surface area contributed by atoms with Gasteiger partial charge in [0.25, 0.3) is 0 Å². The van der Waals surface area contributed by atoms with Gasteiger partial charge in [0, 0.05) is 44.6 Å². The summed E-state index contributed by atoms with van der Waals surface area (Å²) in [4.78, 5) is 51.4. The third-order valence-corrected chi connectivity index (χ3v) is 11.2. The minimum absolute atomic E-state index is 0. The number of hydrogen-bond acceptors (Lipinski definition) is 10. The number of benzene rings is 3. The van der Waals surface area contributed by atoms with Gasteiger partial charge in [-0.3, -0.25) is 14.9 Å². The van der Waals surface area contributed by atoms with Gasteiger partial charge >= 0.3 is 65.2 Å². The van der Waals surface area contributed by atoms with Crippen LogP contribution in [-0.4, -0.2) is 72.4 Å². The Morgan fingerprint density at radius 1 is 0.909 bits per heavy atom. The molecule has 55 heavy (non-hydrogen) atoms. The van der Waals surface area contributed by atoms with Gasteiger partial charge in [-0.15, -0.1) is 0 Å². The second kappa shape index (κ2) is 24.0. The van der Waals surface area contributed by atoms with Gasteiger partial charge in [-0.05, 0) is 168 Å². The van der Waals surface area contributed by atoms with Gasteiger partial charge in [-0.2, -0.15) is 5.26 Å². The number of halogens is 4. The van der Waals surface area contributed by atoms with Gasteiger partial charge in [0.1, 0.15) is 0 Å². The van der Waals surface area contributed by atoms with Crippen molar-refractivity contribution in [3.63, 3.8) is 0 Å². The van der Waals surface area contributed by atoms with Crippen LogP contribution >= 0.6 is 90.4 Å². The number of allylic oxidation sites excluding steroid dienone is 5. The van der Waals surface area contributed by atoms with E-state index in [2.05, 4.69) is 5.32 Å². The van der Waals surface area contributed by atoms with Crippen molar-refractivity contribution in [2.45, 2.75) is 19.4 Å². The number of carboxylic acids is 1. The van der Waals surface area contributed by atoms with Crippen LogP contribution < -0.4 is 80.4 Å². The first-order valence-corrected chi connectivity index (χ1v) is 20.3. The van der Waals surface area contributed by atoms with Gasteiger partial charge in [0.05, 0.1) is 25.8 Å². The summed E-state index contributed by atoms with van der Waals surface area (Å²) in [6.07, 6.45) is 5.37. The number of nitrogens with one attached hydrogen (secondary N) is 1. The Kier molecular flexibility index (Phi) is 21.7. The SMILES string of the molecule is CCOC(=O)N1CCN(C(=O)[C@@H](N)Cc2cccc(NC#N)c2)CC1.O=C1C(I)=CC(=C(c2cc(I)c([O-])c(I)c2)c2ccccc2C(=O)[O-])C=C1I.[Na+].[Na+]. The molecule has 276 valence electrons. The van der Waals surface area contributed by atoms with Crippen LogP contribution in [0.25, 0.3) is 5.57 Å². The molecule has 2 amide bonds. The molecule has 3 N–H and O–H groups in total. The molecule has 1 atom stereocenters. The van der Waals surface area contributed by atoms with E-state index in [1.54, 1.807) is 71.3 Å². The minimum atomic E-state index is -1.29. The summed E-state index contributed by atoms with van der Waals surface area (Å²) in [5.41, 5.74) is 10.2. The largest absolute Gasteiger partial charge is 1.00 e. The summed E-state index contributed by atoms with van der Waals surface area (Å²) in [6, 6.07) is 16.6. The van der Waals surface area contributed by atoms with Crippen LogP contribution in [0.5, 0.6) is 5.75 Å². The zero-order chi connectivity index (χ0) is 38.8. The number of hydrogen-bond donors (Lipinski definition) is 2. The van der Waals surface area contributed by atoms with Gasteiger partial charge in [0.15, 0.2) is 6.19 Å². The fourth-order valence-electron chi connectivity index (χ4n) is 5.51. The van der Waals surface area contributed by atoms with Crippen LogP contribution in [0.3, 0.4) is 0 Å². The molecular formula is C37H31I4N5Na2O7. The summed E-state index contributed by atoms with van der Waals surface area (Å²) in [5, 5.41) is 35.1. The number of carbonyl (C=O) groups is 4. The Labute approximate surface area is 417 Å². The van der Waals surface area contributed by atoms with E-state index in [-0.39, 0.29) is 88.2 Å². The molecule has 0 unspecified atom stereocenters. The van der Waals surface area contributed by atoms with Crippen LogP contribution in [0.1, 0.15) is 34.0 Å². The average Bonchev–Trinajstić information content (AvgIpc) is 3.13. The number of amides is 2. The van der Waals surface area contributed by atoms with E-state index in [9.17, 15) is 29.4 Å². The van der Waals surface area contributed by atoms with Crippen LogP contribution in [0, 0.1) is 18.6 Å². The molecule has 3 aromatic carbocycles. The molecule has 18 heteroatoms. The van der Waals surface area contributed by atoms with Crippen molar-refractivity contribution in [1.29, 1.82) is 5.26 Å². The molecule has 0 spiro atoms. The molecular weight excluding hydrogens is 1180 g/mol. The third kappa shape index (κ3) is 13.6. The van der Waals surface area contributed by atoms with E-state index < -0.39 is 12.0 Å². The number of nitrogens with zero attached hydrogens (tertiary/aromatic N) is 3. The Hall–Kier alpha value is -1.27. The number of piperazine rings is 1. The van der Waals surface area contributed by atoms with E-state index in [0.717, 1.165) is 5.56 Å². The third-order valence-electron chi connectivity index (χ3n) is 8.01. The molecule has 0 aromatic heterocycles. The molecule has 1 heterocycles.